The Bertz CT molecular complexity index is 1120. The molecule has 2 heterocycles. The average Bonchev–Trinajstić information content (AvgIpc) is 3.50. The van der Waals surface area contributed by atoms with Crippen LogP contribution in [0.15, 0.2) is 34.3 Å². The molecule has 2 amide bonds. The summed E-state index contributed by atoms with van der Waals surface area (Å²) in [6.45, 7) is 9.81. The van der Waals surface area contributed by atoms with E-state index in [1.807, 2.05) is 25.1 Å². The molecule has 0 unspecified atom stereocenters. The molecule has 180 valence electrons. The third kappa shape index (κ3) is 6.46. The van der Waals surface area contributed by atoms with Crippen LogP contribution in [0.25, 0.3) is 6.08 Å². The van der Waals surface area contributed by atoms with Crippen molar-refractivity contribution < 1.29 is 14.3 Å². The van der Waals surface area contributed by atoms with Crippen molar-refractivity contribution in [1.82, 2.24) is 15.2 Å². The van der Waals surface area contributed by atoms with Crippen LogP contribution in [0.1, 0.15) is 37.1 Å². The number of aliphatic imine (C=N–C) groups is 1. The summed E-state index contributed by atoms with van der Waals surface area (Å²) in [6, 6.07) is 5.78. The maximum atomic E-state index is 12.4. The number of likely N-dealkylation sites (N-methyl/N-ethyl adjacent to an activating group) is 1. The normalized spacial score (nSPS) is 18.1. The van der Waals surface area contributed by atoms with Crippen molar-refractivity contribution in [2.45, 2.75) is 33.6 Å². The van der Waals surface area contributed by atoms with Crippen LogP contribution >= 0.6 is 23.1 Å². The number of thiazole rings is 1. The molecule has 0 atom stereocenters. The molecule has 1 saturated carbocycles. The molecule has 34 heavy (non-hydrogen) atoms. The highest BCUT2D eigenvalue weighted by molar-refractivity contribution is 8.18. The highest BCUT2D eigenvalue weighted by Crippen LogP contribution is 2.33. The molecular weight excluding hydrogens is 470 g/mol. The first-order valence-corrected chi connectivity index (χ1v) is 13.1. The molecule has 1 aromatic heterocycles. The average molecular weight is 500 g/mol. The Morgan fingerprint density at radius 3 is 2.85 bits per heavy atom. The Balaban J connectivity index is 1.36. The fraction of sp³-hybridized carbons (Fsp3) is 0.417. The fourth-order valence-corrected chi connectivity index (χ4v) is 5.02. The molecule has 8 nitrogen and oxygen atoms in total. The molecule has 0 spiro atoms. The van der Waals surface area contributed by atoms with Gasteiger partial charge in [-0.1, -0.05) is 25.2 Å². The lowest BCUT2D eigenvalue weighted by atomic mass is 10.2. The highest BCUT2D eigenvalue weighted by atomic mass is 32.2. The molecule has 1 aliphatic carbocycles. The first kappa shape index (κ1) is 24.4. The van der Waals surface area contributed by atoms with Gasteiger partial charge in [-0.25, -0.2) is 9.98 Å². The lowest BCUT2D eigenvalue weighted by Gasteiger charge is -2.18. The quantitative estimate of drug-likeness (QED) is 0.470. The number of thioether (sulfide) groups is 1. The van der Waals surface area contributed by atoms with E-state index in [1.54, 1.807) is 12.3 Å². The summed E-state index contributed by atoms with van der Waals surface area (Å²) in [4.78, 5) is 36.8. The van der Waals surface area contributed by atoms with Crippen molar-refractivity contribution in [3.8, 4) is 5.75 Å². The van der Waals surface area contributed by atoms with Crippen LogP contribution < -0.4 is 15.4 Å². The van der Waals surface area contributed by atoms with Gasteiger partial charge in [-0.15, -0.1) is 0 Å². The Labute approximate surface area is 207 Å². The van der Waals surface area contributed by atoms with Gasteiger partial charge in [0.15, 0.2) is 10.3 Å². The van der Waals surface area contributed by atoms with Gasteiger partial charge in [0.1, 0.15) is 12.4 Å². The van der Waals surface area contributed by atoms with Gasteiger partial charge in [-0.05, 0) is 74.5 Å². The number of carbonyl (C=O) groups is 2. The van der Waals surface area contributed by atoms with Crippen LogP contribution in [0.3, 0.4) is 0 Å². The molecule has 10 heteroatoms. The number of amidine groups is 1. The second-order valence-corrected chi connectivity index (χ2v) is 10.2. The van der Waals surface area contributed by atoms with E-state index in [0.29, 0.717) is 21.8 Å². The number of carbonyl (C=O) groups excluding carboxylic acids is 2. The van der Waals surface area contributed by atoms with E-state index < -0.39 is 0 Å². The predicted octanol–water partition coefficient (Wildman–Crippen LogP) is 4.41. The van der Waals surface area contributed by atoms with Gasteiger partial charge in [0.2, 0.25) is 5.91 Å². The second kappa shape index (κ2) is 11.2. The second-order valence-electron chi connectivity index (χ2n) is 8.14. The number of aryl methyl sites for hydroxylation is 1. The van der Waals surface area contributed by atoms with E-state index in [-0.39, 0.29) is 17.7 Å². The third-order valence-corrected chi connectivity index (χ3v) is 7.36. The van der Waals surface area contributed by atoms with Crippen LogP contribution in [0, 0.1) is 12.8 Å². The van der Waals surface area contributed by atoms with Gasteiger partial charge in [-0.2, -0.15) is 0 Å². The molecule has 2 fully saturated rings. The standard InChI is InChI=1S/C24H29N5O3S2/c1-4-29(5-2)10-11-32-17-8-9-19(15(3)12-17)26-24-28-22(31)20(34-24)13-18-14-25-23(33-18)27-21(30)16-6-7-16/h8-9,12-14,16H,4-7,10-11H2,1-3H3,(H,25,27,30)(H,26,28,31)/b20-13-. The lowest BCUT2D eigenvalue weighted by Crippen LogP contribution is -2.27. The van der Waals surface area contributed by atoms with Gasteiger partial charge < -0.3 is 20.3 Å². The summed E-state index contributed by atoms with van der Waals surface area (Å²) in [6.07, 6.45) is 5.32. The number of rotatable bonds is 10. The first-order valence-electron chi connectivity index (χ1n) is 11.5. The van der Waals surface area contributed by atoms with Crippen LogP contribution in [-0.4, -0.2) is 53.1 Å². The van der Waals surface area contributed by atoms with E-state index in [1.165, 1.54) is 23.1 Å². The number of ether oxygens (including phenoxy) is 1. The predicted molar refractivity (Wildman–Crippen MR) is 139 cm³/mol. The molecule has 4 rings (SSSR count). The molecule has 0 radical (unpaired) electrons. The number of nitrogens with one attached hydrogen (secondary N) is 2. The molecular formula is C24H29N5O3S2. The third-order valence-electron chi connectivity index (χ3n) is 5.59. The van der Waals surface area contributed by atoms with Crippen molar-refractivity contribution in [3.05, 3.63) is 39.7 Å². The number of nitrogens with zero attached hydrogens (tertiary/aromatic N) is 3. The number of anilines is 1. The molecule has 2 aliphatic rings. The fourth-order valence-electron chi connectivity index (χ4n) is 3.36. The Hall–Kier alpha value is -2.69. The van der Waals surface area contributed by atoms with Crippen molar-refractivity contribution in [3.63, 3.8) is 0 Å². The van der Waals surface area contributed by atoms with Gasteiger partial charge in [0.25, 0.3) is 5.91 Å². The van der Waals surface area contributed by atoms with Gasteiger partial charge in [0.05, 0.1) is 15.5 Å². The lowest BCUT2D eigenvalue weighted by molar-refractivity contribution is -0.117. The highest BCUT2D eigenvalue weighted by Gasteiger charge is 2.30. The number of hydrogen-bond acceptors (Lipinski definition) is 8. The summed E-state index contributed by atoms with van der Waals surface area (Å²) < 4.78 is 5.88. The topological polar surface area (TPSA) is 95.9 Å². The smallest absolute Gasteiger partial charge is 0.264 e. The summed E-state index contributed by atoms with van der Waals surface area (Å²) in [5, 5.41) is 6.73. The van der Waals surface area contributed by atoms with Crippen LogP contribution in [0.4, 0.5) is 10.8 Å². The summed E-state index contributed by atoms with van der Waals surface area (Å²) in [7, 11) is 0. The van der Waals surface area contributed by atoms with Crippen molar-refractivity contribution in [1.29, 1.82) is 0 Å². The SMILES string of the molecule is CCN(CC)CCOc1ccc(/N=C2/NC(=O)/C(=C/c3cnc(NC(=O)C4CC4)s3)S2)c(C)c1. The number of aromatic nitrogens is 1. The van der Waals surface area contributed by atoms with Crippen molar-refractivity contribution in [2.75, 3.05) is 31.6 Å². The van der Waals surface area contributed by atoms with Crippen molar-refractivity contribution in [2.24, 2.45) is 10.9 Å². The summed E-state index contributed by atoms with van der Waals surface area (Å²) >= 11 is 2.63. The van der Waals surface area contributed by atoms with Crippen LogP contribution in [0.5, 0.6) is 5.75 Å². The zero-order valence-electron chi connectivity index (χ0n) is 19.6. The largest absolute Gasteiger partial charge is 0.492 e. The maximum absolute atomic E-state index is 12.4. The zero-order valence-corrected chi connectivity index (χ0v) is 21.2. The Morgan fingerprint density at radius 2 is 2.15 bits per heavy atom. The minimum atomic E-state index is -0.199. The Morgan fingerprint density at radius 1 is 1.35 bits per heavy atom. The van der Waals surface area contributed by atoms with Gasteiger partial charge in [-0.3, -0.25) is 9.59 Å². The van der Waals surface area contributed by atoms with Crippen molar-refractivity contribution >= 4 is 57.0 Å². The van der Waals surface area contributed by atoms with Crippen LogP contribution in [-0.2, 0) is 9.59 Å². The van der Waals surface area contributed by atoms with E-state index in [0.717, 1.165) is 54.4 Å². The minimum absolute atomic E-state index is 0.0200. The maximum Gasteiger partial charge on any atom is 0.264 e. The first-order chi connectivity index (χ1) is 16.4. The molecule has 2 aromatic rings. The van der Waals surface area contributed by atoms with Gasteiger partial charge >= 0.3 is 0 Å². The monoisotopic (exact) mass is 499 g/mol. The number of hydrogen-bond donors (Lipinski definition) is 2. The van der Waals surface area contributed by atoms with E-state index in [9.17, 15) is 9.59 Å². The molecule has 0 bridgehead atoms. The molecule has 2 N–H and O–H groups in total. The van der Waals surface area contributed by atoms with E-state index in [4.69, 9.17) is 4.74 Å². The number of benzene rings is 1. The van der Waals surface area contributed by atoms with Gasteiger partial charge in [0, 0.05) is 18.7 Å². The zero-order chi connectivity index (χ0) is 24.1. The van der Waals surface area contributed by atoms with E-state index in [2.05, 4.69) is 39.4 Å². The summed E-state index contributed by atoms with van der Waals surface area (Å²) in [5.41, 5.74) is 1.75. The number of amides is 2. The molecule has 1 aliphatic heterocycles. The minimum Gasteiger partial charge on any atom is -0.492 e. The molecule has 1 saturated heterocycles. The Kier molecular flexibility index (Phi) is 8.02. The summed E-state index contributed by atoms with van der Waals surface area (Å²) in [5.74, 6) is 0.755. The van der Waals surface area contributed by atoms with E-state index >= 15 is 0 Å². The molecule has 1 aromatic carbocycles. The van der Waals surface area contributed by atoms with Crippen LogP contribution in [0.2, 0.25) is 0 Å².